The molecule has 4 heteroatoms. The summed E-state index contributed by atoms with van der Waals surface area (Å²) in [5.41, 5.74) is 0.0645. The highest BCUT2D eigenvalue weighted by Crippen LogP contribution is 2.24. The number of aliphatic hydroxyl groups excluding tert-OH is 1. The molecule has 0 aromatic carbocycles. The average Bonchev–Trinajstić information content (AvgIpc) is 2.88. The van der Waals surface area contributed by atoms with Crippen molar-refractivity contribution < 1.29 is 5.11 Å². The van der Waals surface area contributed by atoms with E-state index in [-0.39, 0.29) is 12.0 Å². The van der Waals surface area contributed by atoms with E-state index in [4.69, 9.17) is 0 Å². The standard InChI is InChI=1S/C13H25N3O/c1-3-13(4-2,11-17)10-14-6-5-8-16-9-7-15-12-16/h7,9,12,14,17H,3-6,8,10-11H2,1-2H3. The first-order chi connectivity index (χ1) is 8.26. The maximum atomic E-state index is 9.43. The minimum absolute atomic E-state index is 0.0645. The van der Waals surface area contributed by atoms with Crippen LogP contribution in [0.1, 0.15) is 33.1 Å². The molecule has 4 nitrogen and oxygen atoms in total. The Balaban J connectivity index is 2.14. The molecule has 0 unspecified atom stereocenters. The highest BCUT2D eigenvalue weighted by molar-refractivity contribution is 4.78. The highest BCUT2D eigenvalue weighted by Gasteiger charge is 2.24. The number of nitrogens with zero attached hydrogens (tertiary/aromatic N) is 2. The zero-order valence-corrected chi connectivity index (χ0v) is 11.0. The zero-order valence-electron chi connectivity index (χ0n) is 11.0. The molecule has 1 rings (SSSR count). The molecule has 17 heavy (non-hydrogen) atoms. The number of hydrogen-bond acceptors (Lipinski definition) is 3. The summed E-state index contributed by atoms with van der Waals surface area (Å²) in [6.45, 7) is 7.45. The third-order valence-corrected chi connectivity index (χ3v) is 3.66. The third-order valence-electron chi connectivity index (χ3n) is 3.66. The molecule has 0 amide bonds. The molecule has 1 heterocycles. The van der Waals surface area contributed by atoms with Crippen LogP contribution in [0.5, 0.6) is 0 Å². The van der Waals surface area contributed by atoms with Gasteiger partial charge in [0.05, 0.1) is 6.33 Å². The van der Waals surface area contributed by atoms with Crippen LogP contribution >= 0.6 is 0 Å². The highest BCUT2D eigenvalue weighted by atomic mass is 16.3. The van der Waals surface area contributed by atoms with Gasteiger partial charge in [0.15, 0.2) is 0 Å². The van der Waals surface area contributed by atoms with Crippen molar-refractivity contribution in [2.24, 2.45) is 5.41 Å². The number of aromatic nitrogens is 2. The third kappa shape index (κ3) is 4.48. The fourth-order valence-electron chi connectivity index (χ4n) is 1.94. The van der Waals surface area contributed by atoms with Gasteiger partial charge in [-0.3, -0.25) is 0 Å². The Hall–Kier alpha value is -0.870. The van der Waals surface area contributed by atoms with Crippen molar-refractivity contribution in [3.8, 4) is 0 Å². The van der Waals surface area contributed by atoms with Crippen LogP contribution in [0, 0.1) is 5.41 Å². The van der Waals surface area contributed by atoms with Crippen molar-refractivity contribution in [1.82, 2.24) is 14.9 Å². The molecule has 0 radical (unpaired) electrons. The van der Waals surface area contributed by atoms with E-state index < -0.39 is 0 Å². The maximum absolute atomic E-state index is 9.43. The zero-order chi connectivity index (χ0) is 12.6. The van der Waals surface area contributed by atoms with Gasteiger partial charge in [-0.15, -0.1) is 0 Å². The van der Waals surface area contributed by atoms with E-state index in [1.54, 1.807) is 6.20 Å². The predicted octanol–water partition coefficient (Wildman–Crippen LogP) is 1.66. The molecule has 0 spiro atoms. The first-order valence-corrected chi connectivity index (χ1v) is 6.53. The summed E-state index contributed by atoms with van der Waals surface area (Å²) in [7, 11) is 0. The number of aliphatic hydroxyl groups is 1. The van der Waals surface area contributed by atoms with Crippen molar-refractivity contribution in [2.45, 2.75) is 39.7 Å². The van der Waals surface area contributed by atoms with Gasteiger partial charge in [-0.05, 0) is 25.8 Å². The van der Waals surface area contributed by atoms with E-state index in [0.717, 1.165) is 38.9 Å². The molecule has 0 saturated carbocycles. The second kappa shape index (κ2) is 7.45. The van der Waals surface area contributed by atoms with Crippen molar-refractivity contribution >= 4 is 0 Å². The molecule has 0 aliphatic heterocycles. The molecule has 0 atom stereocenters. The molecule has 1 aromatic rings. The van der Waals surface area contributed by atoms with Crippen LogP contribution in [0.25, 0.3) is 0 Å². The van der Waals surface area contributed by atoms with E-state index in [2.05, 4.69) is 28.7 Å². The largest absolute Gasteiger partial charge is 0.396 e. The van der Waals surface area contributed by atoms with Gasteiger partial charge >= 0.3 is 0 Å². The van der Waals surface area contributed by atoms with Crippen LogP contribution in [0.2, 0.25) is 0 Å². The van der Waals surface area contributed by atoms with E-state index in [1.807, 2.05) is 12.5 Å². The molecule has 98 valence electrons. The number of rotatable bonds is 9. The quantitative estimate of drug-likeness (QED) is 0.644. The minimum Gasteiger partial charge on any atom is -0.396 e. The van der Waals surface area contributed by atoms with Crippen molar-refractivity contribution in [1.29, 1.82) is 0 Å². The van der Waals surface area contributed by atoms with E-state index in [0.29, 0.717) is 0 Å². The molecule has 1 aromatic heterocycles. The lowest BCUT2D eigenvalue weighted by atomic mass is 9.83. The fraction of sp³-hybridized carbons (Fsp3) is 0.769. The van der Waals surface area contributed by atoms with Gasteiger partial charge in [0.1, 0.15) is 0 Å². The summed E-state index contributed by atoms with van der Waals surface area (Å²) in [6, 6.07) is 0. The first kappa shape index (κ1) is 14.2. The van der Waals surface area contributed by atoms with Crippen molar-refractivity contribution in [2.75, 3.05) is 19.7 Å². The molecular weight excluding hydrogens is 214 g/mol. The monoisotopic (exact) mass is 239 g/mol. The summed E-state index contributed by atoms with van der Waals surface area (Å²) >= 11 is 0. The first-order valence-electron chi connectivity index (χ1n) is 6.53. The lowest BCUT2D eigenvalue weighted by Crippen LogP contribution is -2.37. The lowest BCUT2D eigenvalue weighted by molar-refractivity contribution is 0.113. The molecule has 0 saturated heterocycles. The number of imidazole rings is 1. The Morgan fingerprint density at radius 1 is 1.35 bits per heavy atom. The van der Waals surface area contributed by atoms with Crippen LogP contribution in [0.15, 0.2) is 18.7 Å². The van der Waals surface area contributed by atoms with E-state index in [1.165, 1.54) is 0 Å². The van der Waals surface area contributed by atoms with Gasteiger partial charge in [-0.25, -0.2) is 4.98 Å². The lowest BCUT2D eigenvalue weighted by Gasteiger charge is -2.29. The van der Waals surface area contributed by atoms with Crippen LogP contribution in [-0.4, -0.2) is 34.4 Å². The van der Waals surface area contributed by atoms with Gasteiger partial charge < -0.3 is 15.0 Å². The second-order valence-corrected chi connectivity index (χ2v) is 4.70. The number of nitrogens with one attached hydrogen (secondary N) is 1. The maximum Gasteiger partial charge on any atom is 0.0945 e. The van der Waals surface area contributed by atoms with Gasteiger partial charge in [0, 0.05) is 37.5 Å². The smallest absolute Gasteiger partial charge is 0.0945 e. The number of hydrogen-bond donors (Lipinski definition) is 2. The summed E-state index contributed by atoms with van der Waals surface area (Å²) in [6.07, 6.45) is 8.76. The average molecular weight is 239 g/mol. The summed E-state index contributed by atoms with van der Waals surface area (Å²) in [5, 5.41) is 12.9. The summed E-state index contributed by atoms with van der Waals surface area (Å²) in [5.74, 6) is 0. The van der Waals surface area contributed by atoms with Crippen molar-refractivity contribution in [3.63, 3.8) is 0 Å². The fourth-order valence-corrected chi connectivity index (χ4v) is 1.94. The molecule has 0 aliphatic carbocycles. The Bertz CT molecular complexity index is 273. The Morgan fingerprint density at radius 2 is 2.12 bits per heavy atom. The predicted molar refractivity (Wildman–Crippen MR) is 69.8 cm³/mol. The molecule has 0 aliphatic rings. The summed E-state index contributed by atoms with van der Waals surface area (Å²) < 4.78 is 2.08. The van der Waals surface area contributed by atoms with Gasteiger partial charge in [-0.1, -0.05) is 13.8 Å². The SMILES string of the molecule is CCC(CC)(CO)CNCCCn1ccnc1. The van der Waals surface area contributed by atoms with Gasteiger partial charge in [0.25, 0.3) is 0 Å². The Morgan fingerprint density at radius 3 is 2.65 bits per heavy atom. The number of aryl methyl sites for hydroxylation is 1. The van der Waals surface area contributed by atoms with Crippen LogP contribution in [-0.2, 0) is 6.54 Å². The van der Waals surface area contributed by atoms with Gasteiger partial charge in [-0.2, -0.15) is 0 Å². The molecule has 0 bridgehead atoms. The van der Waals surface area contributed by atoms with E-state index in [9.17, 15) is 5.11 Å². The second-order valence-electron chi connectivity index (χ2n) is 4.70. The van der Waals surface area contributed by atoms with Crippen LogP contribution in [0.4, 0.5) is 0 Å². The Labute approximate surface area is 104 Å². The topological polar surface area (TPSA) is 50.1 Å². The molecule has 0 fully saturated rings. The minimum atomic E-state index is 0.0645. The Kier molecular flexibility index (Phi) is 6.22. The van der Waals surface area contributed by atoms with Crippen LogP contribution in [0.3, 0.4) is 0 Å². The molecule has 2 N–H and O–H groups in total. The van der Waals surface area contributed by atoms with Crippen LogP contribution < -0.4 is 5.32 Å². The van der Waals surface area contributed by atoms with Gasteiger partial charge in [0.2, 0.25) is 0 Å². The summed E-state index contributed by atoms with van der Waals surface area (Å²) in [4.78, 5) is 4.01. The van der Waals surface area contributed by atoms with E-state index >= 15 is 0 Å². The normalized spacial score (nSPS) is 11.9. The molecular formula is C13H25N3O. The van der Waals surface area contributed by atoms with Crippen molar-refractivity contribution in [3.05, 3.63) is 18.7 Å².